The Bertz CT molecular complexity index is 2390. The van der Waals surface area contributed by atoms with Gasteiger partial charge in [-0.15, -0.1) is 0 Å². The Labute approximate surface area is 283 Å². The Morgan fingerprint density at radius 1 is 0.708 bits per heavy atom. The maximum Gasteiger partial charge on any atom is 0.0461 e. The second kappa shape index (κ2) is 12.9. The van der Waals surface area contributed by atoms with Gasteiger partial charge < -0.3 is 4.98 Å². The molecule has 232 valence electrons. The molecule has 0 amide bonds. The first-order chi connectivity index (χ1) is 23.7. The van der Waals surface area contributed by atoms with Crippen molar-refractivity contribution in [2.75, 3.05) is 0 Å². The number of H-pyrrole nitrogens is 1. The molecule has 1 nitrogen and oxygen atoms in total. The van der Waals surface area contributed by atoms with Gasteiger partial charge in [0.1, 0.15) is 0 Å². The fourth-order valence-corrected chi connectivity index (χ4v) is 7.93. The van der Waals surface area contributed by atoms with Crippen molar-refractivity contribution < 1.29 is 0 Å². The van der Waals surface area contributed by atoms with Gasteiger partial charge in [0, 0.05) is 23.0 Å². The number of hydrogen-bond acceptors (Lipinski definition) is 0. The highest BCUT2D eigenvalue weighted by Crippen LogP contribution is 2.45. The molecule has 0 aliphatic heterocycles. The third-order valence-electron chi connectivity index (χ3n) is 10.1. The van der Waals surface area contributed by atoms with Gasteiger partial charge in [0.05, 0.1) is 0 Å². The first-order valence-electron chi connectivity index (χ1n) is 17.1. The van der Waals surface area contributed by atoms with E-state index in [0.717, 1.165) is 43.3 Å². The lowest BCUT2D eigenvalue weighted by atomic mass is 9.81. The molecule has 3 aliphatic carbocycles. The van der Waals surface area contributed by atoms with Crippen molar-refractivity contribution in [3.8, 4) is 11.1 Å². The molecule has 0 radical (unpaired) electrons. The van der Waals surface area contributed by atoms with Crippen LogP contribution in [-0.2, 0) is 12.8 Å². The molecule has 0 atom stereocenters. The first kappa shape index (κ1) is 29.7. The molecule has 0 bridgehead atoms. The lowest BCUT2D eigenvalue weighted by molar-refractivity contribution is 1.04. The van der Waals surface area contributed by atoms with Gasteiger partial charge >= 0.3 is 0 Å². The predicted octanol–water partition coefficient (Wildman–Crippen LogP) is 10.3. The van der Waals surface area contributed by atoms with Crippen LogP contribution in [0.5, 0.6) is 0 Å². The molecular formula is C47H39N. The Morgan fingerprint density at radius 3 is 2.35 bits per heavy atom. The van der Waals surface area contributed by atoms with Crippen LogP contribution in [0, 0.1) is 0 Å². The molecule has 1 aromatic heterocycles. The highest BCUT2D eigenvalue weighted by Gasteiger charge is 2.28. The number of hydrogen-bond donors (Lipinski definition) is 1. The van der Waals surface area contributed by atoms with E-state index in [1.807, 2.05) is 24.3 Å². The summed E-state index contributed by atoms with van der Waals surface area (Å²) >= 11 is 0. The van der Waals surface area contributed by atoms with Crippen molar-refractivity contribution in [2.45, 2.75) is 32.1 Å². The van der Waals surface area contributed by atoms with E-state index in [1.54, 1.807) is 0 Å². The van der Waals surface area contributed by atoms with Crippen LogP contribution in [0.3, 0.4) is 0 Å². The third kappa shape index (κ3) is 5.22. The molecule has 1 N–H and O–H groups in total. The number of allylic oxidation sites excluding steroid dienone is 11. The van der Waals surface area contributed by atoms with E-state index in [1.165, 1.54) is 77.1 Å². The minimum atomic E-state index is 0.820. The van der Waals surface area contributed by atoms with Crippen LogP contribution in [0.25, 0.3) is 44.8 Å². The van der Waals surface area contributed by atoms with Crippen molar-refractivity contribution in [2.24, 2.45) is 0 Å². The van der Waals surface area contributed by atoms with E-state index < -0.39 is 0 Å². The summed E-state index contributed by atoms with van der Waals surface area (Å²) in [6.07, 6.45) is 26.3. The number of fused-ring (bicyclic) bond motifs is 5. The molecule has 1 heterocycles. The number of rotatable bonds is 8. The second-order valence-corrected chi connectivity index (χ2v) is 12.8. The van der Waals surface area contributed by atoms with E-state index in [0.29, 0.717) is 0 Å². The molecule has 5 aromatic rings. The van der Waals surface area contributed by atoms with E-state index in [-0.39, 0.29) is 0 Å². The summed E-state index contributed by atoms with van der Waals surface area (Å²) in [6.45, 7) is 7.87. The summed E-state index contributed by atoms with van der Waals surface area (Å²) in [5, 5.41) is 3.90. The van der Waals surface area contributed by atoms with Gasteiger partial charge in [-0.25, -0.2) is 0 Å². The highest BCUT2D eigenvalue weighted by atomic mass is 14.7. The summed E-state index contributed by atoms with van der Waals surface area (Å²) in [4.78, 5) is 3.67. The maximum absolute atomic E-state index is 3.94. The molecule has 0 fully saturated rings. The zero-order valence-electron chi connectivity index (χ0n) is 27.3. The monoisotopic (exact) mass is 617 g/mol. The molecule has 0 saturated heterocycles. The van der Waals surface area contributed by atoms with Gasteiger partial charge in [-0.2, -0.15) is 0 Å². The zero-order valence-corrected chi connectivity index (χ0v) is 27.3. The van der Waals surface area contributed by atoms with Crippen LogP contribution in [0.4, 0.5) is 0 Å². The smallest absolute Gasteiger partial charge is 0.0461 e. The summed E-state index contributed by atoms with van der Waals surface area (Å²) in [5.74, 6) is 0. The number of aromatic nitrogens is 1. The molecule has 4 aromatic carbocycles. The predicted molar refractivity (Wildman–Crippen MR) is 206 cm³/mol. The summed E-state index contributed by atoms with van der Waals surface area (Å²) < 4.78 is 0. The minimum absolute atomic E-state index is 0.820. The average Bonchev–Trinajstić information content (AvgIpc) is 3.70. The van der Waals surface area contributed by atoms with E-state index >= 15 is 0 Å². The molecule has 0 saturated carbocycles. The van der Waals surface area contributed by atoms with Gasteiger partial charge in [0.25, 0.3) is 0 Å². The van der Waals surface area contributed by atoms with E-state index in [2.05, 4.69) is 140 Å². The maximum atomic E-state index is 3.94. The van der Waals surface area contributed by atoms with Crippen LogP contribution in [0.2, 0.25) is 0 Å². The van der Waals surface area contributed by atoms with Crippen LogP contribution in [0.15, 0.2) is 158 Å². The molecular weight excluding hydrogens is 579 g/mol. The number of aromatic amines is 1. The Balaban J connectivity index is 1.36. The molecule has 1 heteroatoms. The van der Waals surface area contributed by atoms with Crippen molar-refractivity contribution in [1.29, 1.82) is 0 Å². The average molecular weight is 618 g/mol. The van der Waals surface area contributed by atoms with Gasteiger partial charge in [0.15, 0.2) is 0 Å². The summed E-state index contributed by atoms with van der Waals surface area (Å²) in [7, 11) is 0. The molecule has 3 aliphatic rings. The SMILES string of the molecule is C=C/C=C\C=C1/CC(c2cccc3c2-c2cccc(C4=CCCC=C4)c2C3)=c2ccccc2=C1Cc1c(/C=C\C=C)[nH]c2ccccc12. The largest absolute Gasteiger partial charge is 0.355 e. The Morgan fingerprint density at radius 2 is 1.50 bits per heavy atom. The fourth-order valence-electron chi connectivity index (χ4n) is 7.93. The van der Waals surface area contributed by atoms with Gasteiger partial charge in [-0.3, -0.25) is 0 Å². The van der Waals surface area contributed by atoms with Gasteiger partial charge in [-0.05, 0) is 109 Å². The van der Waals surface area contributed by atoms with Crippen LogP contribution in [0.1, 0.15) is 52.8 Å². The van der Waals surface area contributed by atoms with Crippen LogP contribution >= 0.6 is 0 Å². The Hall–Kier alpha value is -5.66. The minimum Gasteiger partial charge on any atom is -0.355 e. The molecule has 0 unspecified atom stereocenters. The van der Waals surface area contributed by atoms with E-state index in [4.69, 9.17) is 0 Å². The normalized spacial score (nSPS) is 16.1. The lowest BCUT2D eigenvalue weighted by Crippen LogP contribution is -2.34. The fraction of sp³-hybridized carbons (Fsp3) is 0.106. The van der Waals surface area contributed by atoms with Crippen molar-refractivity contribution in [1.82, 2.24) is 4.98 Å². The molecule has 0 spiro atoms. The highest BCUT2D eigenvalue weighted by molar-refractivity contribution is 5.95. The van der Waals surface area contributed by atoms with Crippen molar-refractivity contribution in [3.63, 3.8) is 0 Å². The summed E-state index contributed by atoms with van der Waals surface area (Å²) in [5.41, 5.74) is 17.5. The van der Waals surface area contributed by atoms with Crippen molar-refractivity contribution >= 4 is 33.7 Å². The van der Waals surface area contributed by atoms with E-state index in [9.17, 15) is 0 Å². The Kier molecular flexibility index (Phi) is 7.96. The lowest BCUT2D eigenvalue weighted by Gasteiger charge is -2.23. The second-order valence-electron chi connectivity index (χ2n) is 12.8. The number of benzene rings is 4. The standard InChI is InChI=1S/C47H39N/c1-3-5-8-19-33-29-43(40-25-15-20-34-30-42-35(32-17-9-7-10-18-32)24-16-26-39(42)47(34)40)37-22-12-11-21-36(37)41(33)31-44-38-23-13-14-28-45(38)48-46(44)27-6-4-2/h3-6,8-9,11-28,48H,1-2,7,10,29-31H2/b8-5-,27-6-,33-19+. The van der Waals surface area contributed by atoms with Crippen molar-refractivity contribution in [3.05, 3.63) is 202 Å². The van der Waals surface area contributed by atoms with Gasteiger partial charge in [0.2, 0.25) is 0 Å². The molecule has 8 rings (SSSR count). The van der Waals surface area contributed by atoms with Crippen LogP contribution in [-0.4, -0.2) is 4.98 Å². The number of para-hydroxylation sites is 1. The van der Waals surface area contributed by atoms with Crippen LogP contribution < -0.4 is 10.4 Å². The topological polar surface area (TPSA) is 15.8 Å². The third-order valence-corrected chi connectivity index (χ3v) is 10.1. The van der Waals surface area contributed by atoms with Gasteiger partial charge in [-0.1, -0.05) is 147 Å². The zero-order chi connectivity index (χ0) is 32.5. The summed E-state index contributed by atoms with van der Waals surface area (Å²) in [6, 6.07) is 31.5. The first-order valence-corrected chi connectivity index (χ1v) is 17.1. The number of nitrogens with one attached hydrogen (secondary N) is 1. The molecule has 48 heavy (non-hydrogen) atoms. The quantitative estimate of drug-likeness (QED) is 0.164.